The van der Waals surface area contributed by atoms with Gasteiger partial charge in [-0.15, -0.1) is 0 Å². The van der Waals surface area contributed by atoms with E-state index in [1.807, 2.05) is 0 Å². The Morgan fingerprint density at radius 2 is 1.70 bits per heavy atom. The number of carboxylic acids is 2. The monoisotopic (exact) mass is 754 g/mol. The molecule has 0 aliphatic carbocycles. The number of likely N-dealkylation sites (tertiary alicyclic amines) is 1. The van der Waals surface area contributed by atoms with Crippen molar-refractivity contribution < 1.29 is 43.7 Å². The number of rotatable bonds is 7. The lowest BCUT2D eigenvalue weighted by atomic mass is 10.0. The second kappa shape index (κ2) is 16.4. The quantitative estimate of drug-likeness (QED) is 0.0960. The summed E-state index contributed by atoms with van der Waals surface area (Å²) < 4.78 is 5.18. The van der Waals surface area contributed by atoms with Crippen LogP contribution in [-0.2, 0) is 19.1 Å². The zero-order chi connectivity index (χ0) is 39.2. The van der Waals surface area contributed by atoms with Crippen LogP contribution in [0.4, 0.5) is 10.6 Å². The average molecular weight is 755 g/mol. The number of halogens is 1. The average Bonchev–Trinajstić information content (AvgIpc) is 3.11. The lowest BCUT2D eigenvalue weighted by molar-refractivity contribution is -0.143. The van der Waals surface area contributed by atoms with Crippen molar-refractivity contribution in [1.82, 2.24) is 25.7 Å². The topological polar surface area (TPSA) is 217 Å². The van der Waals surface area contributed by atoms with E-state index in [1.54, 1.807) is 57.2 Å². The first-order valence-electron chi connectivity index (χ1n) is 16.7. The first-order valence-corrected chi connectivity index (χ1v) is 17.0. The third kappa shape index (κ3) is 9.87. The molecule has 16 heteroatoms. The number of hydrogen-bond acceptors (Lipinski definition) is 9. The van der Waals surface area contributed by atoms with Crippen molar-refractivity contribution in [3.8, 4) is 23.1 Å². The summed E-state index contributed by atoms with van der Waals surface area (Å²) in [7, 11) is 0. The smallest absolute Gasteiger partial charge is 0.426 e. The van der Waals surface area contributed by atoms with Gasteiger partial charge >= 0.3 is 18.0 Å². The van der Waals surface area contributed by atoms with Gasteiger partial charge in [0.05, 0.1) is 21.8 Å². The Balaban J connectivity index is 1.39. The highest BCUT2D eigenvalue weighted by Crippen LogP contribution is 2.27. The van der Waals surface area contributed by atoms with Crippen LogP contribution in [0.3, 0.4) is 0 Å². The number of nitrogens with zero attached hydrogens (tertiary/aromatic N) is 3. The van der Waals surface area contributed by atoms with E-state index in [-0.39, 0.29) is 32.9 Å². The number of anilines is 1. The minimum atomic E-state index is -1.32. The SMILES string of the molecule is CC(C)(C)OC(=O)NNC(=O)c1cc(-c2ccc(C#Cc3ccc(C(=O)N4CCCC[C@H]4C(=O)O)cc3Cl)cc2)nc2cc(NC(=O)CC(=O)O)ncc12. The van der Waals surface area contributed by atoms with Crippen LogP contribution in [0.2, 0.25) is 5.02 Å². The summed E-state index contributed by atoms with van der Waals surface area (Å²) in [5, 5.41) is 21.4. The third-order valence-electron chi connectivity index (χ3n) is 7.98. The summed E-state index contributed by atoms with van der Waals surface area (Å²) in [6.07, 6.45) is 1.48. The molecule has 1 fully saturated rings. The van der Waals surface area contributed by atoms with Gasteiger partial charge in [0.2, 0.25) is 5.91 Å². The number of piperidine rings is 1. The van der Waals surface area contributed by atoms with Gasteiger partial charge < -0.3 is 25.2 Å². The normalized spacial score (nSPS) is 13.9. The van der Waals surface area contributed by atoms with Gasteiger partial charge in [-0.1, -0.05) is 35.6 Å². The lowest BCUT2D eigenvalue weighted by Crippen LogP contribution is -2.47. The summed E-state index contributed by atoms with van der Waals surface area (Å²) in [5.41, 5.74) is 6.23. The predicted octanol–water partition coefficient (Wildman–Crippen LogP) is 5.01. The van der Waals surface area contributed by atoms with E-state index < -0.39 is 53.8 Å². The molecule has 0 spiro atoms. The number of carbonyl (C=O) groups is 6. The number of ether oxygens (including phenoxy) is 1. The molecular formula is C38H35ClN6O9. The van der Waals surface area contributed by atoms with Gasteiger partial charge in [-0.25, -0.2) is 25.0 Å². The van der Waals surface area contributed by atoms with Gasteiger partial charge in [-0.05, 0) is 76.4 Å². The van der Waals surface area contributed by atoms with Crippen molar-refractivity contribution in [3.05, 3.63) is 88.1 Å². The fourth-order valence-corrected chi connectivity index (χ4v) is 5.77. The number of fused-ring (bicyclic) bond motifs is 1. The second-order valence-corrected chi connectivity index (χ2v) is 13.6. The molecule has 1 aliphatic heterocycles. The highest BCUT2D eigenvalue weighted by Gasteiger charge is 2.32. The first kappa shape index (κ1) is 38.7. The predicted molar refractivity (Wildman–Crippen MR) is 196 cm³/mol. The van der Waals surface area contributed by atoms with Crippen molar-refractivity contribution in [2.45, 2.75) is 58.1 Å². The Bertz CT molecular complexity index is 2220. The molecule has 4 aromatic rings. The van der Waals surface area contributed by atoms with Gasteiger partial charge in [0, 0.05) is 46.4 Å². The number of aromatic nitrogens is 2. The van der Waals surface area contributed by atoms with E-state index in [4.69, 9.17) is 21.4 Å². The van der Waals surface area contributed by atoms with Crippen LogP contribution in [0.25, 0.3) is 22.2 Å². The summed E-state index contributed by atoms with van der Waals surface area (Å²) in [4.78, 5) is 83.5. The molecule has 1 atom stereocenters. The molecule has 0 radical (unpaired) electrons. The van der Waals surface area contributed by atoms with Crippen LogP contribution < -0.4 is 16.2 Å². The fourth-order valence-electron chi connectivity index (χ4n) is 5.54. The number of amides is 4. The molecular weight excluding hydrogens is 720 g/mol. The highest BCUT2D eigenvalue weighted by atomic mass is 35.5. The minimum absolute atomic E-state index is 0.00858. The van der Waals surface area contributed by atoms with Crippen molar-refractivity contribution in [2.24, 2.45) is 0 Å². The van der Waals surface area contributed by atoms with E-state index in [2.05, 4.69) is 38.0 Å². The molecule has 1 saturated heterocycles. The molecule has 0 saturated carbocycles. The Labute approximate surface area is 314 Å². The highest BCUT2D eigenvalue weighted by molar-refractivity contribution is 6.32. The molecule has 3 heterocycles. The zero-order valence-electron chi connectivity index (χ0n) is 29.4. The van der Waals surface area contributed by atoms with Gasteiger partial charge in [-0.2, -0.15) is 0 Å². The number of carboxylic acid groups (broad SMARTS) is 2. The Hall–Kier alpha value is -6.53. The molecule has 5 N–H and O–H groups in total. The van der Waals surface area contributed by atoms with Crippen LogP contribution in [0.1, 0.15) is 78.3 Å². The van der Waals surface area contributed by atoms with Crippen LogP contribution in [0.15, 0.2) is 60.8 Å². The number of hydrogen-bond donors (Lipinski definition) is 5. The Morgan fingerprint density at radius 1 is 0.963 bits per heavy atom. The van der Waals surface area contributed by atoms with Crippen LogP contribution in [-0.4, -0.2) is 79.0 Å². The maximum Gasteiger partial charge on any atom is 0.426 e. The van der Waals surface area contributed by atoms with Gasteiger partial charge in [0.25, 0.3) is 11.8 Å². The maximum atomic E-state index is 13.3. The minimum Gasteiger partial charge on any atom is -0.481 e. The number of benzene rings is 2. The van der Waals surface area contributed by atoms with Crippen molar-refractivity contribution in [1.29, 1.82) is 0 Å². The first-order chi connectivity index (χ1) is 25.6. The van der Waals surface area contributed by atoms with Gasteiger partial charge in [0.1, 0.15) is 23.9 Å². The maximum absolute atomic E-state index is 13.3. The Morgan fingerprint density at radius 3 is 2.37 bits per heavy atom. The number of aliphatic carboxylic acids is 2. The van der Waals surface area contributed by atoms with Crippen LogP contribution in [0, 0.1) is 11.8 Å². The summed E-state index contributed by atoms with van der Waals surface area (Å²) >= 11 is 6.49. The lowest BCUT2D eigenvalue weighted by Gasteiger charge is -2.33. The van der Waals surface area contributed by atoms with E-state index in [9.17, 15) is 33.9 Å². The molecule has 278 valence electrons. The van der Waals surface area contributed by atoms with E-state index in [0.717, 1.165) is 12.8 Å². The van der Waals surface area contributed by atoms with Gasteiger partial charge in [-0.3, -0.25) is 24.6 Å². The standard InChI is InChI=1S/C38H35ClN6O9/c1-38(2,3)54-37(53)44-43-34(49)25-17-28(41-29-18-31(40-20-26(25)29)42-32(46)19-33(47)48)23-11-8-21(9-12-23)7-10-22-13-14-24(16-27(22)39)35(50)45-15-5-4-6-30(45)36(51)52/h8-9,11-14,16-18,20,30H,4-6,15,19H2,1-3H3,(H,43,49)(H,44,53)(H,47,48)(H,51,52)(H,40,42,46)/t30-/m0/s1. The Kier molecular flexibility index (Phi) is 11.8. The molecule has 5 rings (SSSR count). The molecule has 4 amide bonds. The van der Waals surface area contributed by atoms with Crippen molar-refractivity contribution >= 4 is 64.1 Å². The molecule has 2 aromatic carbocycles. The fraction of sp³-hybridized carbons (Fsp3) is 0.263. The molecule has 54 heavy (non-hydrogen) atoms. The third-order valence-corrected chi connectivity index (χ3v) is 8.29. The van der Waals surface area contributed by atoms with Gasteiger partial charge in [0.15, 0.2) is 0 Å². The van der Waals surface area contributed by atoms with E-state index >= 15 is 0 Å². The molecule has 1 aliphatic rings. The van der Waals surface area contributed by atoms with E-state index in [1.165, 1.54) is 29.3 Å². The van der Waals surface area contributed by atoms with Crippen LogP contribution in [0.5, 0.6) is 0 Å². The molecule has 2 aromatic heterocycles. The second-order valence-electron chi connectivity index (χ2n) is 13.2. The van der Waals surface area contributed by atoms with E-state index in [0.29, 0.717) is 35.3 Å². The largest absolute Gasteiger partial charge is 0.481 e. The number of pyridine rings is 2. The molecule has 0 bridgehead atoms. The van der Waals surface area contributed by atoms with Crippen LogP contribution >= 0.6 is 11.6 Å². The van der Waals surface area contributed by atoms with Crippen molar-refractivity contribution in [2.75, 3.05) is 11.9 Å². The molecule has 15 nitrogen and oxygen atoms in total. The number of carbonyl (C=O) groups excluding carboxylic acids is 4. The molecule has 0 unspecified atom stereocenters. The summed E-state index contributed by atoms with van der Waals surface area (Å²) in [6.45, 7) is 5.35. The summed E-state index contributed by atoms with van der Waals surface area (Å²) in [5.74, 6) is 1.73. The summed E-state index contributed by atoms with van der Waals surface area (Å²) in [6, 6.07) is 13.5. The zero-order valence-corrected chi connectivity index (χ0v) is 30.1. The number of nitrogens with one attached hydrogen (secondary N) is 3. The van der Waals surface area contributed by atoms with Crippen molar-refractivity contribution in [3.63, 3.8) is 0 Å². The number of hydrazine groups is 1.